The molecule has 5 nitrogen and oxygen atoms in total. The summed E-state index contributed by atoms with van der Waals surface area (Å²) in [5.41, 5.74) is 0. The molecule has 102 valence electrons. The number of rotatable bonds is 6. The Balaban J connectivity index is 1.68. The van der Waals surface area contributed by atoms with Crippen molar-refractivity contribution in [3.05, 3.63) is 0 Å². The van der Waals surface area contributed by atoms with Crippen molar-refractivity contribution in [2.45, 2.75) is 51.2 Å². The van der Waals surface area contributed by atoms with Gasteiger partial charge in [0.25, 0.3) is 0 Å². The lowest BCUT2D eigenvalue weighted by atomic mass is 10.1. The van der Waals surface area contributed by atoms with E-state index in [0.717, 1.165) is 13.0 Å². The van der Waals surface area contributed by atoms with E-state index in [0.29, 0.717) is 12.5 Å². The molecule has 1 amide bonds. The minimum absolute atomic E-state index is 0.0794. The molecular formula is C13H21NO4. The molecule has 2 unspecified atom stereocenters. The average molecular weight is 255 g/mol. The van der Waals surface area contributed by atoms with Gasteiger partial charge in [-0.15, -0.1) is 0 Å². The quantitative estimate of drug-likeness (QED) is 0.719. The third-order valence-electron chi connectivity index (χ3n) is 3.43. The van der Waals surface area contributed by atoms with Crippen LogP contribution in [0.25, 0.3) is 0 Å². The van der Waals surface area contributed by atoms with Crippen LogP contribution in [-0.2, 0) is 19.1 Å². The summed E-state index contributed by atoms with van der Waals surface area (Å²) in [6.07, 6.45) is 3.84. The molecule has 0 aromatic carbocycles. The summed E-state index contributed by atoms with van der Waals surface area (Å²) in [6.45, 7) is 2.85. The van der Waals surface area contributed by atoms with Crippen molar-refractivity contribution in [1.29, 1.82) is 0 Å². The molecule has 2 aliphatic rings. The molecule has 1 aliphatic carbocycles. The fourth-order valence-corrected chi connectivity index (χ4v) is 2.38. The SMILES string of the molecule is CCOC(=O)CCC(=O)NC1CCOC1C1CC1. The number of carbonyl (C=O) groups is 2. The molecule has 0 aromatic rings. The number of carbonyl (C=O) groups excluding carboxylic acids is 2. The third-order valence-corrected chi connectivity index (χ3v) is 3.43. The van der Waals surface area contributed by atoms with Gasteiger partial charge in [0, 0.05) is 13.0 Å². The number of amides is 1. The molecule has 5 heteroatoms. The lowest BCUT2D eigenvalue weighted by Gasteiger charge is -2.19. The molecule has 1 heterocycles. The first kappa shape index (κ1) is 13.3. The highest BCUT2D eigenvalue weighted by Gasteiger charge is 2.41. The Labute approximate surface area is 107 Å². The molecule has 18 heavy (non-hydrogen) atoms. The number of nitrogens with one attached hydrogen (secondary N) is 1. The topological polar surface area (TPSA) is 64.6 Å². The number of esters is 1. The van der Waals surface area contributed by atoms with Gasteiger partial charge in [0.05, 0.1) is 25.2 Å². The van der Waals surface area contributed by atoms with E-state index >= 15 is 0 Å². The summed E-state index contributed by atoms with van der Waals surface area (Å²) in [6, 6.07) is 0.132. The lowest BCUT2D eigenvalue weighted by molar-refractivity contribution is -0.144. The van der Waals surface area contributed by atoms with Gasteiger partial charge in [0.15, 0.2) is 0 Å². The van der Waals surface area contributed by atoms with E-state index in [4.69, 9.17) is 9.47 Å². The van der Waals surface area contributed by atoms with Crippen molar-refractivity contribution in [2.24, 2.45) is 5.92 Å². The first-order valence-electron chi connectivity index (χ1n) is 6.77. The highest BCUT2D eigenvalue weighted by molar-refractivity contribution is 5.81. The van der Waals surface area contributed by atoms with Crippen molar-refractivity contribution in [3.63, 3.8) is 0 Å². The maximum atomic E-state index is 11.7. The minimum atomic E-state index is -0.311. The Morgan fingerprint density at radius 2 is 2.06 bits per heavy atom. The number of hydrogen-bond acceptors (Lipinski definition) is 4. The van der Waals surface area contributed by atoms with Gasteiger partial charge in [0.1, 0.15) is 0 Å². The smallest absolute Gasteiger partial charge is 0.306 e. The fourth-order valence-electron chi connectivity index (χ4n) is 2.38. The molecule has 1 saturated carbocycles. The molecular weight excluding hydrogens is 234 g/mol. The molecule has 1 saturated heterocycles. The van der Waals surface area contributed by atoms with Crippen molar-refractivity contribution in [1.82, 2.24) is 5.32 Å². The van der Waals surface area contributed by atoms with Crippen LogP contribution < -0.4 is 5.32 Å². The zero-order valence-corrected chi connectivity index (χ0v) is 10.8. The predicted octanol–water partition coefficient (Wildman–Crippen LogP) is 1.01. The normalized spacial score (nSPS) is 26.9. The van der Waals surface area contributed by atoms with Crippen LogP contribution in [0, 0.1) is 5.92 Å². The monoisotopic (exact) mass is 255 g/mol. The highest BCUT2D eigenvalue weighted by atomic mass is 16.5. The van der Waals surface area contributed by atoms with E-state index in [-0.39, 0.29) is 36.9 Å². The van der Waals surface area contributed by atoms with E-state index in [9.17, 15) is 9.59 Å². The zero-order chi connectivity index (χ0) is 13.0. The van der Waals surface area contributed by atoms with Crippen LogP contribution >= 0.6 is 0 Å². The van der Waals surface area contributed by atoms with Gasteiger partial charge in [-0.3, -0.25) is 9.59 Å². The second-order valence-corrected chi connectivity index (χ2v) is 4.94. The molecule has 1 aliphatic heterocycles. The number of hydrogen-bond donors (Lipinski definition) is 1. The highest BCUT2D eigenvalue weighted by Crippen LogP contribution is 2.38. The largest absolute Gasteiger partial charge is 0.466 e. The summed E-state index contributed by atoms with van der Waals surface area (Å²) >= 11 is 0. The van der Waals surface area contributed by atoms with E-state index in [1.807, 2.05) is 0 Å². The summed E-state index contributed by atoms with van der Waals surface area (Å²) in [4.78, 5) is 22.9. The lowest BCUT2D eigenvalue weighted by Crippen LogP contribution is -2.41. The van der Waals surface area contributed by atoms with Crippen LogP contribution in [0.15, 0.2) is 0 Å². The molecule has 1 N–H and O–H groups in total. The molecule has 2 atom stereocenters. The van der Waals surface area contributed by atoms with Gasteiger partial charge in [-0.25, -0.2) is 0 Å². The maximum Gasteiger partial charge on any atom is 0.306 e. The van der Waals surface area contributed by atoms with Gasteiger partial charge in [-0.1, -0.05) is 0 Å². The van der Waals surface area contributed by atoms with Gasteiger partial charge in [-0.2, -0.15) is 0 Å². The first-order valence-corrected chi connectivity index (χ1v) is 6.77. The summed E-state index contributed by atoms with van der Waals surface area (Å²) in [7, 11) is 0. The van der Waals surface area contributed by atoms with Crippen LogP contribution in [0.5, 0.6) is 0 Å². The Hall–Kier alpha value is -1.10. The van der Waals surface area contributed by atoms with Crippen molar-refractivity contribution in [2.75, 3.05) is 13.2 Å². The summed E-state index contributed by atoms with van der Waals surface area (Å²) in [5, 5.41) is 2.98. The Morgan fingerprint density at radius 1 is 1.28 bits per heavy atom. The van der Waals surface area contributed by atoms with Crippen molar-refractivity contribution >= 4 is 11.9 Å². The molecule has 0 radical (unpaired) electrons. The van der Waals surface area contributed by atoms with Crippen molar-refractivity contribution in [3.8, 4) is 0 Å². The predicted molar refractivity (Wildman–Crippen MR) is 64.9 cm³/mol. The molecule has 0 aromatic heterocycles. The van der Waals surface area contributed by atoms with Gasteiger partial charge in [-0.05, 0) is 32.1 Å². The Kier molecular flexibility index (Phi) is 4.58. The zero-order valence-electron chi connectivity index (χ0n) is 10.8. The minimum Gasteiger partial charge on any atom is -0.466 e. The third kappa shape index (κ3) is 3.70. The van der Waals surface area contributed by atoms with E-state index in [2.05, 4.69) is 5.32 Å². The molecule has 0 bridgehead atoms. The van der Waals surface area contributed by atoms with Crippen LogP contribution in [-0.4, -0.2) is 37.2 Å². The van der Waals surface area contributed by atoms with Crippen LogP contribution in [0.4, 0.5) is 0 Å². The molecule has 2 fully saturated rings. The Morgan fingerprint density at radius 3 is 2.72 bits per heavy atom. The molecule has 0 spiro atoms. The van der Waals surface area contributed by atoms with Gasteiger partial charge >= 0.3 is 5.97 Å². The summed E-state index contributed by atoms with van der Waals surface area (Å²) < 4.78 is 10.4. The standard InChI is InChI=1S/C13H21NO4/c1-2-17-12(16)6-5-11(15)14-10-7-8-18-13(10)9-3-4-9/h9-10,13H,2-8H2,1H3,(H,14,15). The molecule has 2 rings (SSSR count). The fraction of sp³-hybridized carbons (Fsp3) is 0.846. The van der Waals surface area contributed by atoms with Crippen LogP contribution in [0.2, 0.25) is 0 Å². The Bertz CT molecular complexity index is 314. The summed E-state index contributed by atoms with van der Waals surface area (Å²) in [5.74, 6) is 0.237. The van der Waals surface area contributed by atoms with Gasteiger partial charge in [0.2, 0.25) is 5.91 Å². The van der Waals surface area contributed by atoms with Crippen LogP contribution in [0.3, 0.4) is 0 Å². The van der Waals surface area contributed by atoms with Gasteiger partial charge < -0.3 is 14.8 Å². The van der Waals surface area contributed by atoms with E-state index in [1.165, 1.54) is 12.8 Å². The average Bonchev–Trinajstić information content (AvgIpc) is 3.08. The first-order chi connectivity index (χ1) is 8.70. The second-order valence-electron chi connectivity index (χ2n) is 4.94. The second kappa shape index (κ2) is 6.18. The number of ether oxygens (including phenoxy) is 2. The maximum absolute atomic E-state index is 11.7. The van der Waals surface area contributed by atoms with Crippen LogP contribution in [0.1, 0.15) is 39.0 Å². The van der Waals surface area contributed by atoms with E-state index in [1.54, 1.807) is 6.92 Å². The van der Waals surface area contributed by atoms with E-state index < -0.39 is 0 Å². The van der Waals surface area contributed by atoms with Crippen molar-refractivity contribution < 1.29 is 19.1 Å².